The number of nitrogens with zero attached hydrogens (tertiary/aromatic N) is 1. The average Bonchev–Trinajstić information content (AvgIpc) is 2.84. The molecule has 0 aliphatic rings. The van der Waals surface area contributed by atoms with Gasteiger partial charge in [0.1, 0.15) is 0 Å². The van der Waals surface area contributed by atoms with Gasteiger partial charge in [0.2, 0.25) is 5.91 Å². The third kappa shape index (κ3) is 24.6. The molecule has 0 spiro atoms. The zero-order chi connectivity index (χ0) is 25.0. The maximum absolute atomic E-state index is 12.8. The lowest BCUT2D eigenvalue weighted by molar-refractivity contribution is -0.131. The second kappa shape index (κ2) is 28.7. The molecule has 0 saturated carbocycles. The van der Waals surface area contributed by atoms with Gasteiger partial charge in [0.15, 0.2) is 0 Å². The molecule has 204 valence electrons. The van der Waals surface area contributed by atoms with Crippen molar-refractivity contribution in [2.45, 2.75) is 188 Å². The molecule has 34 heavy (non-hydrogen) atoms. The Hall–Kier alpha value is -0.530. The molecule has 0 bridgehead atoms. The molecule has 0 rings (SSSR count). The van der Waals surface area contributed by atoms with E-state index in [0.29, 0.717) is 5.91 Å². The summed E-state index contributed by atoms with van der Waals surface area (Å²) in [6.07, 6.45) is 34.5. The molecular formula is C32H65NO. The molecule has 0 saturated heterocycles. The van der Waals surface area contributed by atoms with Crippen LogP contribution in [0.3, 0.4) is 0 Å². The van der Waals surface area contributed by atoms with E-state index in [4.69, 9.17) is 0 Å². The van der Waals surface area contributed by atoms with Gasteiger partial charge in [0, 0.05) is 19.5 Å². The fraction of sp³-hybridized carbons (Fsp3) is 0.969. The highest BCUT2D eigenvalue weighted by atomic mass is 16.2. The van der Waals surface area contributed by atoms with Crippen LogP contribution in [-0.4, -0.2) is 23.9 Å². The molecule has 0 aromatic rings. The fourth-order valence-corrected chi connectivity index (χ4v) is 4.98. The van der Waals surface area contributed by atoms with Crippen LogP contribution in [0.5, 0.6) is 0 Å². The summed E-state index contributed by atoms with van der Waals surface area (Å²) in [5.41, 5.74) is 0. The molecule has 0 aromatic carbocycles. The summed E-state index contributed by atoms with van der Waals surface area (Å²) in [7, 11) is 0. The molecule has 0 unspecified atom stereocenters. The number of amides is 1. The molecule has 0 aliphatic heterocycles. The molecule has 0 N–H and O–H groups in total. The van der Waals surface area contributed by atoms with E-state index in [2.05, 4.69) is 25.7 Å². The van der Waals surface area contributed by atoms with E-state index in [-0.39, 0.29) is 0 Å². The highest BCUT2D eigenvalue weighted by Gasteiger charge is 2.12. The average molecular weight is 480 g/mol. The summed E-state index contributed by atoms with van der Waals surface area (Å²) in [5.74, 6) is 0.425. The summed E-state index contributed by atoms with van der Waals surface area (Å²) >= 11 is 0. The Balaban J connectivity index is 3.58. The van der Waals surface area contributed by atoms with Gasteiger partial charge in [0.25, 0.3) is 0 Å². The summed E-state index contributed by atoms with van der Waals surface area (Å²) in [6.45, 7) is 8.79. The van der Waals surface area contributed by atoms with Crippen LogP contribution in [0.25, 0.3) is 0 Å². The Morgan fingerprint density at radius 1 is 0.382 bits per heavy atom. The number of carbonyl (C=O) groups is 1. The maximum Gasteiger partial charge on any atom is 0.222 e. The summed E-state index contributed by atoms with van der Waals surface area (Å²) in [4.78, 5) is 14.9. The Morgan fingerprint density at radius 3 is 0.971 bits per heavy atom. The third-order valence-corrected chi connectivity index (χ3v) is 7.41. The normalized spacial score (nSPS) is 11.3. The largest absolute Gasteiger partial charge is 0.343 e. The first-order valence-electron chi connectivity index (χ1n) is 16.0. The van der Waals surface area contributed by atoms with Crippen molar-refractivity contribution in [2.24, 2.45) is 0 Å². The van der Waals surface area contributed by atoms with Crippen molar-refractivity contribution >= 4 is 5.91 Å². The Kier molecular flexibility index (Phi) is 28.3. The van der Waals surface area contributed by atoms with Gasteiger partial charge in [0.05, 0.1) is 0 Å². The van der Waals surface area contributed by atoms with E-state index in [1.807, 2.05) is 0 Å². The number of carbonyl (C=O) groups excluding carboxylic acids is 1. The summed E-state index contributed by atoms with van der Waals surface area (Å²) in [5, 5.41) is 0. The van der Waals surface area contributed by atoms with Crippen LogP contribution >= 0.6 is 0 Å². The van der Waals surface area contributed by atoms with Gasteiger partial charge >= 0.3 is 0 Å². The molecule has 2 nitrogen and oxygen atoms in total. The van der Waals surface area contributed by atoms with Gasteiger partial charge in [-0.25, -0.2) is 0 Å². The lowest BCUT2D eigenvalue weighted by atomic mass is 10.0. The van der Waals surface area contributed by atoms with E-state index < -0.39 is 0 Å². The molecule has 0 aliphatic carbocycles. The monoisotopic (exact) mass is 480 g/mol. The highest BCUT2D eigenvalue weighted by Crippen LogP contribution is 2.15. The minimum absolute atomic E-state index is 0.425. The Bertz CT molecular complexity index is 382. The minimum Gasteiger partial charge on any atom is -0.343 e. The van der Waals surface area contributed by atoms with Crippen molar-refractivity contribution in [3.05, 3.63) is 0 Å². The van der Waals surface area contributed by atoms with E-state index in [1.165, 1.54) is 154 Å². The van der Waals surface area contributed by atoms with E-state index >= 15 is 0 Å². The van der Waals surface area contributed by atoms with Crippen LogP contribution in [0.2, 0.25) is 0 Å². The molecule has 0 heterocycles. The predicted molar refractivity (Wildman–Crippen MR) is 154 cm³/mol. The maximum atomic E-state index is 12.8. The number of rotatable bonds is 28. The van der Waals surface area contributed by atoms with Gasteiger partial charge in [-0.1, -0.05) is 162 Å². The SMILES string of the molecule is CCCCCCCCCCCCCCCCCCCC(=O)N(CCCCCC)CCCCCC. The predicted octanol–water partition coefficient (Wildman–Crippen LogP) is 11.0. The molecule has 0 aromatic heterocycles. The van der Waals surface area contributed by atoms with Gasteiger partial charge in [-0.15, -0.1) is 0 Å². The van der Waals surface area contributed by atoms with E-state index in [0.717, 1.165) is 25.9 Å². The first-order valence-corrected chi connectivity index (χ1v) is 16.0. The van der Waals surface area contributed by atoms with Crippen molar-refractivity contribution in [3.8, 4) is 0 Å². The number of hydrogen-bond donors (Lipinski definition) is 0. The highest BCUT2D eigenvalue weighted by molar-refractivity contribution is 5.76. The zero-order valence-corrected chi connectivity index (χ0v) is 24.2. The van der Waals surface area contributed by atoms with Crippen LogP contribution in [0.4, 0.5) is 0 Å². The van der Waals surface area contributed by atoms with Crippen LogP contribution in [0, 0.1) is 0 Å². The van der Waals surface area contributed by atoms with Crippen molar-refractivity contribution in [3.63, 3.8) is 0 Å². The van der Waals surface area contributed by atoms with Gasteiger partial charge in [-0.2, -0.15) is 0 Å². The van der Waals surface area contributed by atoms with Crippen LogP contribution in [-0.2, 0) is 4.79 Å². The topological polar surface area (TPSA) is 20.3 Å². The molecule has 0 atom stereocenters. The van der Waals surface area contributed by atoms with Crippen LogP contribution < -0.4 is 0 Å². The zero-order valence-electron chi connectivity index (χ0n) is 24.2. The first-order chi connectivity index (χ1) is 16.8. The molecule has 0 radical (unpaired) electrons. The number of hydrogen-bond acceptors (Lipinski definition) is 1. The fourth-order valence-electron chi connectivity index (χ4n) is 4.98. The number of unbranched alkanes of at least 4 members (excludes halogenated alkanes) is 22. The quantitative estimate of drug-likeness (QED) is 0.102. The van der Waals surface area contributed by atoms with E-state index in [1.54, 1.807) is 0 Å². The molecular weight excluding hydrogens is 414 g/mol. The smallest absolute Gasteiger partial charge is 0.222 e. The van der Waals surface area contributed by atoms with Crippen molar-refractivity contribution in [1.29, 1.82) is 0 Å². The van der Waals surface area contributed by atoms with Crippen molar-refractivity contribution in [1.82, 2.24) is 4.90 Å². The van der Waals surface area contributed by atoms with E-state index in [9.17, 15) is 4.79 Å². The lowest BCUT2D eigenvalue weighted by Gasteiger charge is -2.23. The van der Waals surface area contributed by atoms with Gasteiger partial charge in [-0.05, 0) is 19.3 Å². The summed E-state index contributed by atoms with van der Waals surface area (Å²) in [6, 6.07) is 0. The minimum atomic E-state index is 0.425. The second-order valence-electron chi connectivity index (χ2n) is 10.9. The first kappa shape index (κ1) is 33.5. The Morgan fingerprint density at radius 2 is 0.647 bits per heavy atom. The Labute approximate surface area is 216 Å². The van der Waals surface area contributed by atoms with Crippen molar-refractivity contribution < 1.29 is 4.79 Å². The van der Waals surface area contributed by atoms with Crippen LogP contribution in [0.1, 0.15) is 188 Å². The third-order valence-electron chi connectivity index (χ3n) is 7.41. The standard InChI is InChI=1S/C32H65NO/c1-4-7-10-13-14-15-16-17-18-19-20-21-22-23-24-25-26-29-32(34)33(30-27-11-8-5-2)31-28-12-9-6-3/h4-31H2,1-3H3. The van der Waals surface area contributed by atoms with Gasteiger partial charge < -0.3 is 4.90 Å². The molecule has 1 amide bonds. The van der Waals surface area contributed by atoms with Crippen molar-refractivity contribution in [2.75, 3.05) is 13.1 Å². The van der Waals surface area contributed by atoms with Crippen LogP contribution in [0.15, 0.2) is 0 Å². The molecule has 2 heteroatoms. The summed E-state index contributed by atoms with van der Waals surface area (Å²) < 4.78 is 0. The molecule has 0 fully saturated rings. The van der Waals surface area contributed by atoms with Gasteiger partial charge in [-0.3, -0.25) is 4.79 Å². The lowest BCUT2D eigenvalue weighted by Crippen LogP contribution is -2.32. The second-order valence-corrected chi connectivity index (χ2v) is 10.9.